The fraction of sp³-hybridized carbons (Fsp3) is 0.938. The van der Waals surface area contributed by atoms with Crippen molar-refractivity contribution >= 4 is 0 Å². The maximum Gasteiger partial charge on any atom is 0.0689 e. The summed E-state index contributed by atoms with van der Waals surface area (Å²) < 4.78 is 0. The minimum Gasteiger partial charge on any atom is -0.198 e. The molecular formula is C16H29N. The molecule has 0 spiro atoms. The quantitative estimate of drug-likeness (QED) is 0.662. The van der Waals surface area contributed by atoms with Crippen LogP contribution in [0.2, 0.25) is 0 Å². The minimum atomic E-state index is 0.00597. The van der Waals surface area contributed by atoms with Crippen LogP contribution < -0.4 is 0 Å². The summed E-state index contributed by atoms with van der Waals surface area (Å²) >= 11 is 0. The van der Waals surface area contributed by atoms with Gasteiger partial charge < -0.3 is 0 Å². The van der Waals surface area contributed by atoms with Crippen LogP contribution in [0.3, 0.4) is 0 Å². The van der Waals surface area contributed by atoms with Crippen molar-refractivity contribution in [2.75, 3.05) is 0 Å². The van der Waals surface area contributed by atoms with Gasteiger partial charge in [-0.15, -0.1) is 0 Å². The van der Waals surface area contributed by atoms with E-state index >= 15 is 0 Å². The molecule has 0 aliphatic heterocycles. The highest BCUT2D eigenvalue weighted by Crippen LogP contribution is 2.47. The van der Waals surface area contributed by atoms with Crippen molar-refractivity contribution in [3.05, 3.63) is 0 Å². The number of hydrogen-bond acceptors (Lipinski definition) is 1. The van der Waals surface area contributed by atoms with E-state index in [0.717, 1.165) is 31.1 Å². The van der Waals surface area contributed by atoms with Crippen LogP contribution >= 0.6 is 0 Å². The van der Waals surface area contributed by atoms with Crippen molar-refractivity contribution in [2.45, 2.75) is 73.1 Å². The van der Waals surface area contributed by atoms with E-state index in [1.54, 1.807) is 0 Å². The lowest BCUT2D eigenvalue weighted by Crippen LogP contribution is -2.32. The molecule has 1 heteroatoms. The Morgan fingerprint density at radius 2 is 1.76 bits per heavy atom. The Labute approximate surface area is 108 Å². The van der Waals surface area contributed by atoms with Gasteiger partial charge in [-0.2, -0.15) is 5.26 Å². The molecule has 98 valence electrons. The fourth-order valence-corrected chi connectivity index (χ4v) is 3.02. The van der Waals surface area contributed by atoms with Gasteiger partial charge in [-0.1, -0.05) is 34.6 Å². The standard InChI is InChI=1S/C16H29N/c1-13(2)6-9-16(12-17)10-7-14(8-11-16)15(3,4)5/h13-14H,6-11H2,1-5H3. The SMILES string of the molecule is CC(C)CCC1(C#N)CCC(C(C)(C)C)CC1. The van der Waals surface area contributed by atoms with E-state index in [4.69, 9.17) is 0 Å². The molecule has 0 saturated heterocycles. The molecule has 0 aromatic carbocycles. The Bertz CT molecular complexity index is 269. The summed E-state index contributed by atoms with van der Waals surface area (Å²) in [5.41, 5.74) is 0.422. The molecule has 0 aromatic heterocycles. The Hall–Kier alpha value is -0.510. The molecule has 0 atom stereocenters. The third-order valence-corrected chi connectivity index (χ3v) is 4.60. The van der Waals surface area contributed by atoms with Gasteiger partial charge in [0, 0.05) is 0 Å². The molecule has 0 radical (unpaired) electrons. The third kappa shape index (κ3) is 4.02. The van der Waals surface area contributed by atoms with Crippen molar-refractivity contribution < 1.29 is 0 Å². The van der Waals surface area contributed by atoms with Crippen molar-refractivity contribution in [2.24, 2.45) is 22.7 Å². The topological polar surface area (TPSA) is 23.8 Å². The van der Waals surface area contributed by atoms with Crippen molar-refractivity contribution in [3.8, 4) is 6.07 Å². The molecule has 1 nitrogen and oxygen atoms in total. The molecule has 1 aliphatic rings. The van der Waals surface area contributed by atoms with Crippen LogP contribution in [0.1, 0.15) is 73.1 Å². The lowest BCUT2D eigenvalue weighted by molar-refractivity contribution is 0.112. The molecule has 1 fully saturated rings. The summed E-state index contributed by atoms with van der Waals surface area (Å²) in [5.74, 6) is 1.53. The first kappa shape index (κ1) is 14.6. The third-order valence-electron chi connectivity index (χ3n) is 4.60. The smallest absolute Gasteiger partial charge is 0.0689 e. The van der Waals surface area contributed by atoms with E-state index in [0.29, 0.717) is 5.41 Å². The zero-order chi connectivity index (χ0) is 13.1. The van der Waals surface area contributed by atoms with Gasteiger partial charge in [-0.25, -0.2) is 0 Å². The molecule has 0 bridgehead atoms. The van der Waals surface area contributed by atoms with Gasteiger partial charge >= 0.3 is 0 Å². The van der Waals surface area contributed by atoms with E-state index < -0.39 is 0 Å². The second-order valence-corrected chi connectivity index (χ2v) is 7.46. The van der Waals surface area contributed by atoms with E-state index in [-0.39, 0.29) is 5.41 Å². The molecular weight excluding hydrogens is 206 g/mol. The Kier molecular flexibility index (Phi) is 4.64. The number of nitriles is 1. The van der Waals surface area contributed by atoms with Gasteiger partial charge in [0.05, 0.1) is 11.5 Å². The van der Waals surface area contributed by atoms with Gasteiger partial charge in [0.1, 0.15) is 0 Å². The Morgan fingerprint density at radius 1 is 1.24 bits per heavy atom. The molecule has 0 N–H and O–H groups in total. The summed E-state index contributed by atoms with van der Waals surface area (Å²) in [6.07, 6.45) is 7.05. The van der Waals surface area contributed by atoms with Crippen LogP contribution in [0.25, 0.3) is 0 Å². The largest absolute Gasteiger partial charge is 0.198 e. The van der Waals surface area contributed by atoms with Crippen LogP contribution in [0.5, 0.6) is 0 Å². The summed E-state index contributed by atoms with van der Waals surface area (Å²) in [6.45, 7) is 11.5. The van der Waals surface area contributed by atoms with Crippen molar-refractivity contribution in [1.29, 1.82) is 5.26 Å². The Morgan fingerprint density at radius 3 is 2.12 bits per heavy atom. The summed E-state index contributed by atoms with van der Waals surface area (Å²) in [4.78, 5) is 0. The van der Waals surface area contributed by atoms with Crippen molar-refractivity contribution in [3.63, 3.8) is 0 Å². The average Bonchev–Trinajstić information content (AvgIpc) is 2.26. The molecule has 0 aromatic rings. The molecule has 0 unspecified atom stereocenters. The highest BCUT2D eigenvalue weighted by molar-refractivity contribution is 5.02. The maximum atomic E-state index is 9.49. The highest BCUT2D eigenvalue weighted by atomic mass is 14.4. The summed E-state index contributed by atoms with van der Waals surface area (Å²) in [5, 5.41) is 9.49. The van der Waals surface area contributed by atoms with Crippen LogP contribution in [0.4, 0.5) is 0 Å². The number of nitrogens with zero attached hydrogens (tertiary/aromatic N) is 1. The fourth-order valence-electron chi connectivity index (χ4n) is 3.02. The molecule has 0 heterocycles. The Balaban J connectivity index is 2.55. The molecule has 17 heavy (non-hydrogen) atoms. The van der Waals surface area contributed by atoms with Gasteiger partial charge in [-0.3, -0.25) is 0 Å². The van der Waals surface area contributed by atoms with Crippen LogP contribution in [0, 0.1) is 34.0 Å². The lowest BCUT2D eigenvalue weighted by atomic mass is 9.63. The molecule has 0 amide bonds. The van der Waals surface area contributed by atoms with E-state index in [1.165, 1.54) is 19.3 Å². The summed E-state index contributed by atoms with van der Waals surface area (Å²) in [7, 11) is 0. The zero-order valence-electron chi connectivity index (χ0n) is 12.3. The van der Waals surface area contributed by atoms with Crippen LogP contribution in [0.15, 0.2) is 0 Å². The second kappa shape index (κ2) is 5.42. The monoisotopic (exact) mass is 235 g/mol. The predicted octanol–water partition coefficient (Wildman–Crippen LogP) is 5.17. The van der Waals surface area contributed by atoms with E-state index in [2.05, 4.69) is 40.7 Å². The summed E-state index contributed by atoms with van der Waals surface area (Å²) in [6, 6.07) is 2.64. The van der Waals surface area contributed by atoms with Crippen LogP contribution in [-0.4, -0.2) is 0 Å². The average molecular weight is 235 g/mol. The maximum absolute atomic E-state index is 9.49. The molecule has 1 saturated carbocycles. The van der Waals surface area contributed by atoms with E-state index in [1.807, 2.05) is 0 Å². The van der Waals surface area contributed by atoms with Gasteiger partial charge in [0.2, 0.25) is 0 Å². The normalized spacial score (nSPS) is 30.3. The minimum absolute atomic E-state index is 0.00597. The first-order valence-electron chi connectivity index (χ1n) is 7.20. The van der Waals surface area contributed by atoms with Crippen LogP contribution in [-0.2, 0) is 0 Å². The van der Waals surface area contributed by atoms with Crippen molar-refractivity contribution in [1.82, 2.24) is 0 Å². The first-order chi connectivity index (χ1) is 7.79. The number of hydrogen-bond donors (Lipinski definition) is 0. The number of rotatable bonds is 3. The lowest BCUT2D eigenvalue weighted by Gasteiger charge is -2.41. The second-order valence-electron chi connectivity index (χ2n) is 7.46. The van der Waals surface area contributed by atoms with Gasteiger partial charge in [-0.05, 0) is 55.8 Å². The van der Waals surface area contributed by atoms with Gasteiger partial charge in [0.15, 0.2) is 0 Å². The van der Waals surface area contributed by atoms with Gasteiger partial charge in [0.25, 0.3) is 0 Å². The highest BCUT2D eigenvalue weighted by Gasteiger charge is 2.38. The zero-order valence-corrected chi connectivity index (χ0v) is 12.3. The predicted molar refractivity (Wildman–Crippen MR) is 73.5 cm³/mol. The molecule has 1 rings (SSSR count). The van der Waals surface area contributed by atoms with E-state index in [9.17, 15) is 5.26 Å². The first-order valence-corrected chi connectivity index (χ1v) is 7.20. The molecule has 1 aliphatic carbocycles.